The molecule has 1 aromatic rings. The average Bonchev–Trinajstić information content (AvgIpc) is 2.62. The molecule has 2 aliphatic rings. The van der Waals surface area contributed by atoms with E-state index in [0.29, 0.717) is 30.0 Å². The van der Waals surface area contributed by atoms with Gasteiger partial charge in [0.2, 0.25) is 0 Å². The molecule has 1 aliphatic carbocycles. The lowest BCUT2D eigenvalue weighted by atomic mass is 9.68. The van der Waals surface area contributed by atoms with Crippen LogP contribution in [-0.2, 0) is 16.0 Å². The van der Waals surface area contributed by atoms with E-state index in [-0.39, 0.29) is 5.92 Å². The molecule has 0 unspecified atom stereocenters. The Bertz CT molecular complexity index is 560. The number of ether oxygens (including phenoxy) is 1. The van der Waals surface area contributed by atoms with Crippen LogP contribution in [0.2, 0.25) is 0 Å². The Morgan fingerprint density at radius 2 is 1.84 bits per heavy atom. The van der Waals surface area contributed by atoms with Crippen molar-refractivity contribution in [2.24, 2.45) is 23.7 Å². The molecule has 3 rings (SSSR count). The monoisotopic (exact) mass is 343 g/mol. The number of hydrogen-bond donors (Lipinski definition) is 0. The van der Waals surface area contributed by atoms with E-state index in [0.717, 1.165) is 38.3 Å². The van der Waals surface area contributed by atoms with Gasteiger partial charge in [0.25, 0.3) is 0 Å². The Morgan fingerprint density at radius 1 is 1.16 bits per heavy atom. The standard InChI is InChI=1S/C22H33NO2/c1-16(2)20-9-4-17(3)14-21(20)22(24)15-18-5-7-19(8-6-18)23-10-12-25-13-11-23/h5-8,16-17,20-21H,4,9-15H2,1-3H3/t17-,20+,21-/m1/s1. The lowest BCUT2D eigenvalue weighted by Crippen LogP contribution is -2.36. The number of ketones is 1. The molecule has 0 amide bonds. The van der Waals surface area contributed by atoms with Crippen LogP contribution in [0, 0.1) is 23.7 Å². The summed E-state index contributed by atoms with van der Waals surface area (Å²) in [5.74, 6) is 2.56. The molecule has 0 radical (unpaired) electrons. The second-order valence-corrected chi connectivity index (χ2v) is 8.34. The van der Waals surface area contributed by atoms with Crippen molar-refractivity contribution in [3.63, 3.8) is 0 Å². The Hall–Kier alpha value is -1.35. The van der Waals surface area contributed by atoms with Crippen LogP contribution < -0.4 is 4.90 Å². The maximum absolute atomic E-state index is 13.0. The van der Waals surface area contributed by atoms with E-state index in [1.54, 1.807) is 0 Å². The van der Waals surface area contributed by atoms with Gasteiger partial charge in [0, 0.05) is 31.1 Å². The van der Waals surface area contributed by atoms with Gasteiger partial charge in [-0.15, -0.1) is 0 Å². The lowest BCUT2D eigenvalue weighted by Gasteiger charge is -2.36. The zero-order valence-corrected chi connectivity index (χ0v) is 16.0. The third kappa shape index (κ3) is 4.63. The number of rotatable bonds is 5. The molecule has 0 N–H and O–H groups in total. The van der Waals surface area contributed by atoms with Crippen molar-refractivity contribution in [2.75, 3.05) is 31.2 Å². The van der Waals surface area contributed by atoms with E-state index in [9.17, 15) is 4.79 Å². The van der Waals surface area contributed by atoms with Crippen molar-refractivity contribution in [1.82, 2.24) is 0 Å². The van der Waals surface area contributed by atoms with Crippen molar-refractivity contribution in [3.05, 3.63) is 29.8 Å². The normalized spacial score (nSPS) is 27.5. The first kappa shape index (κ1) is 18.4. The Morgan fingerprint density at radius 3 is 2.48 bits per heavy atom. The first-order valence-corrected chi connectivity index (χ1v) is 9.99. The number of carbonyl (C=O) groups is 1. The highest BCUT2D eigenvalue weighted by Gasteiger charge is 2.34. The van der Waals surface area contributed by atoms with Crippen molar-refractivity contribution in [3.8, 4) is 0 Å². The highest BCUT2D eigenvalue weighted by Crippen LogP contribution is 2.39. The van der Waals surface area contributed by atoms with Gasteiger partial charge in [0.1, 0.15) is 5.78 Å². The van der Waals surface area contributed by atoms with Gasteiger partial charge in [0.15, 0.2) is 0 Å². The second kappa shape index (κ2) is 8.35. The summed E-state index contributed by atoms with van der Waals surface area (Å²) in [5.41, 5.74) is 2.40. The number of Topliss-reactive ketones (excluding diaryl/α,β-unsaturated/α-hetero) is 1. The van der Waals surface area contributed by atoms with Crippen molar-refractivity contribution in [2.45, 2.75) is 46.5 Å². The number of carbonyl (C=O) groups excluding carboxylic acids is 1. The van der Waals surface area contributed by atoms with Gasteiger partial charge in [-0.2, -0.15) is 0 Å². The molecule has 0 spiro atoms. The number of morpholine rings is 1. The maximum atomic E-state index is 13.0. The summed E-state index contributed by atoms with van der Waals surface area (Å²) >= 11 is 0. The third-order valence-corrected chi connectivity index (χ3v) is 6.13. The van der Waals surface area contributed by atoms with Gasteiger partial charge in [0.05, 0.1) is 13.2 Å². The minimum absolute atomic E-state index is 0.252. The average molecular weight is 344 g/mol. The molecular weight excluding hydrogens is 310 g/mol. The van der Waals surface area contributed by atoms with Crippen LogP contribution >= 0.6 is 0 Å². The highest BCUT2D eigenvalue weighted by atomic mass is 16.5. The maximum Gasteiger partial charge on any atom is 0.140 e. The number of hydrogen-bond acceptors (Lipinski definition) is 3. The Balaban J connectivity index is 1.63. The summed E-state index contributed by atoms with van der Waals surface area (Å²) < 4.78 is 5.42. The third-order valence-electron chi connectivity index (χ3n) is 6.13. The molecule has 0 aromatic heterocycles. The number of benzene rings is 1. The summed E-state index contributed by atoms with van der Waals surface area (Å²) in [4.78, 5) is 15.3. The molecule has 1 aliphatic heterocycles. The van der Waals surface area contributed by atoms with E-state index < -0.39 is 0 Å². The molecule has 0 bridgehead atoms. The van der Waals surface area contributed by atoms with Crippen molar-refractivity contribution in [1.29, 1.82) is 0 Å². The van der Waals surface area contributed by atoms with Crippen LogP contribution in [0.25, 0.3) is 0 Å². The molecule has 25 heavy (non-hydrogen) atoms. The highest BCUT2D eigenvalue weighted by molar-refractivity contribution is 5.83. The first-order chi connectivity index (χ1) is 12.0. The largest absolute Gasteiger partial charge is 0.378 e. The van der Waals surface area contributed by atoms with Gasteiger partial charge in [-0.3, -0.25) is 4.79 Å². The second-order valence-electron chi connectivity index (χ2n) is 8.34. The van der Waals surface area contributed by atoms with E-state index in [2.05, 4.69) is 49.9 Å². The van der Waals surface area contributed by atoms with Crippen molar-refractivity contribution >= 4 is 11.5 Å². The molecule has 3 atom stereocenters. The van der Waals surface area contributed by atoms with Crippen LogP contribution in [0.5, 0.6) is 0 Å². The molecule has 1 saturated carbocycles. The molecule has 1 heterocycles. The van der Waals surface area contributed by atoms with Crippen LogP contribution in [0.4, 0.5) is 5.69 Å². The Kier molecular flexibility index (Phi) is 6.16. The zero-order valence-electron chi connectivity index (χ0n) is 16.0. The SMILES string of the molecule is CC(C)[C@@H]1CC[C@@H](C)C[C@H]1C(=O)Cc1ccc(N2CCOCC2)cc1. The van der Waals surface area contributed by atoms with E-state index in [1.165, 1.54) is 18.5 Å². The molecule has 2 fully saturated rings. The topological polar surface area (TPSA) is 29.5 Å². The van der Waals surface area contributed by atoms with Gasteiger partial charge in [-0.1, -0.05) is 39.3 Å². The molecule has 1 saturated heterocycles. The van der Waals surface area contributed by atoms with Gasteiger partial charge < -0.3 is 9.64 Å². The number of anilines is 1. The summed E-state index contributed by atoms with van der Waals surface area (Å²) in [6.45, 7) is 10.4. The van der Waals surface area contributed by atoms with E-state index in [1.807, 2.05) is 0 Å². The van der Waals surface area contributed by atoms with Crippen molar-refractivity contribution < 1.29 is 9.53 Å². The molecule has 3 nitrogen and oxygen atoms in total. The summed E-state index contributed by atoms with van der Waals surface area (Å²) in [6.07, 6.45) is 4.16. The van der Waals surface area contributed by atoms with Crippen LogP contribution in [0.1, 0.15) is 45.6 Å². The summed E-state index contributed by atoms with van der Waals surface area (Å²) in [5, 5.41) is 0. The first-order valence-electron chi connectivity index (χ1n) is 9.99. The molecule has 3 heteroatoms. The van der Waals surface area contributed by atoms with E-state index in [4.69, 9.17) is 4.74 Å². The molecular formula is C22H33NO2. The zero-order chi connectivity index (χ0) is 17.8. The summed E-state index contributed by atoms with van der Waals surface area (Å²) in [6, 6.07) is 8.60. The fourth-order valence-corrected chi connectivity index (χ4v) is 4.55. The van der Waals surface area contributed by atoms with Crippen LogP contribution in [0.3, 0.4) is 0 Å². The molecule has 138 valence electrons. The summed E-state index contributed by atoms with van der Waals surface area (Å²) in [7, 11) is 0. The predicted octanol–water partition coefficient (Wildman–Crippen LogP) is 4.34. The lowest BCUT2D eigenvalue weighted by molar-refractivity contribution is -0.126. The quantitative estimate of drug-likeness (QED) is 0.796. The minimum atomic E-state index is 0.252. The predicted molar refractivity (Wildman–Crippen MR) is 103 cm³/mol. The fraction of sp³-hybridized carbons (Fsp3) is 0.682. The van der Waals surface area contributed by atoms with Gasteiger partial charge in [-0.05, 0) is 48.3 Å². The van der Waals surface area contributed by atoms with E-state index >= 15 is 0 Å². The fourth-order valence-electron chi connectivity index (χ4n) is 4.55. The molecule has 1 aromatic carbocycles. The minimum Gasteiger partial charge on any atom is -0.378 e. The van der Waals surface area contributed by atoms with Crippen LogP contribution in [-0.4, -0.2) is 32.1 Å². The smallest absolute Gasteiger partial charge is 0.140 e. The van der Waals surface area contributed by atoms with Crippen LogP contribution in [0.15, 0.2) is 24.3 Å². The Labute approximate surface area is 152 Å². The number of nitrogens with zero attached hydrogens (tertiary/aromatic N) is 1. The van der Waals surface area contributed by atoms with Gasteiger partial charge >= 0.3 is 0 Å². The van der Waals surface area contributed by atoms with Gasteiger partial charge in [-0.25, -0.2) is 0 Å².